The highest BCUT2D eigenvalue weighted by Gasteiger charge is 2.15. The number of carbonyl (C=O) groups excluding carboxylic acids is 1. The maximum absolute atomic E-state index is 12.0. The monoisotopic (exact) mass is 320 g/mol. The van der Waals surface area contributed by atoms with Gasteiger partial charge in [-0.2, -0.15) is 0 Å². The molecular weight excluding hydrogens is 308 g/mol. The van der Waals surface area contributed by atoms with Crippen LogP contribution in [-0.4, -0.2) is 22.6 Å². The van der Waals surface area contributed by atoms with Gasteiger partial charge in [-0.1, -0.05) is 30.3 Å². The summed E-state index contributed by atoms with van der Waals surface area (Å²) in [6.45, 7) is -0.160. The lowest BCUT2D eigenvalue weighted by Crippen LogP contribution is -2.31. The Balaban J connectivity index is 2.10. The van der Waals surface area contributed by atoms with Crippen molar-refractivity contribution in [2.75, 3.05) is 6.61 Å². The van der Waals surface area contributed by atoms with Crippen molar-refractivity contribution in [3.05, 3.63) is 64.4 Å². The number of rotatable bonds is 4. The normalized spacial score (nSPS) is 11.9. The third-order valence-electron chi connectivity index (χ3n) is 2.65. The van der Waals surface area contributed by atoms with E-state index in [1.165, 1.54) is 0 Å². The van der Waals surface area contributed by atoms with Gasteiger partial charge < -0.3 is 10.4 Å². The number of carbonyl (C=O) groups is 1. The van der Waals surface area contributed by atoms with Gasteiger partial charge in [-0.3, -0.25) is 4.79 Å². The standard InChI is InChI=1S/C14H13BrN2O2/c15-11-6-7-12(16-8-11)14(19)17-13(9-18)10-4-2-1-3-5-10/h1-8,13,18H,9H2,(H,17,19)/t13-/m0/s1. The summed E-state index contributed by atoms with van der Waals surface area (Å²) in [6.07, 6.45) is 1.56. The molecule has 4 nitrogen and oxygen atoms in total. The topological polar surface area (TPSA) is 62.2 Å². The molecule has 0 aliphatic rings. The minimum Gasteiger partial charge on any atom is -0.394 e. The predicted octanol–water partition coefficient (Wildman–Crippen LogP) is 2.31. The summed E-state index contributed by atoms with van der Waals surface area (Å²) in [6, 6.07) is 12.3. The fourth-order valence-corrected chi connectivity index (χ4v) is 1.90. The zero-order chi connectivity index (χ0) is 13.7. The molecule has 1 aromatic heterocycles. The van der Waals surface area contributed by atoms with Gasteiger partial charge in [0.2, 0.25) is 0 Å². The average molecular weight is 321 g/mol. The fourth-order valence-electron chi connectivity index (χ4n) is 1.66. The highest BCUT2D eigenvalue weighted by atomic mass is 79.9. The van der Waals surface area contributed by atoms with Gasteiger partial charge in [-0.15, -0.1) is 0 Å². The van der Waals surface area contributed by atoms with Gasteiger partial charge in [0, 0.05) is 10.7 Å². The third kappa shape index (κ3) is 3.62. The molecular formula is C14H13BrN2O2. The van der Waals surface area contributed by atoms with E-state index in [-0.39, 0.29) is 12.5 Å². The first kappa shape index (κ1) is 13.7. The van der Waals surface area contributed by atoms with E-state index in [0.29, 0.717) is 5.69 Å². The number of aliphatic hydroxyl groups excluding tert-OH is 1. The highest BCUT2D eigenvalue weighted by molar-refractivity contribution is 9.10. The van der Waals surface area contributed by atoms with Crippen molar-refractivity contribution >= 4 is 21.8 Å². The van der Waals surface area contributed by atoms with Gasteiger partial charge in [-0.25, -0.2) is 4.98 Å². The van der Waals surface area contributed by atoms with E-state index in [9.17, 15) is 9.90 Å². The van der Waals surface area contributed by atoms with Gasteiger partial charge in [0.1, 0.15) is 5.69 Å². The molecule has 0 fully saturated rings. The van der Waals surface area contributed by atoms with Crippen LogP contribution in [0.25, 0.3) is 0 Å². The number of benzene rings is 1. The molecule has 0 aliphatic heterocycles. The van der Waals surface area contributed by atoms with Crippen LogP contribution in [0.2, 0.25) is 0 Å². The molecule has 0 spiro atoms. The van der Waals surface area contributed by atoms with Crippen LogP contribution in [-0.2, 0) is 0 Å². The molecule has 1 atom stereocenters. The van der Waals surface area contributed by atoms with Crippen LogP contribution in [0.15, 0.2) is 53.1 Å². The van der Waals surface area contributed by atoms with Crippen LogP contribution in [0.3, 0.4) is 0 Å². The number of pyridine rings is 1. The first-order chi connectivity index (χ1) is 9.20. The molecule has 0 bridgehead atoms. The van der Waals surface area contributed by atoms with Crippen LogP contribution in [0.1, 0.15) is 22.1 Å². The Hall–Kier alpha value is -1.72. The maximum Gasteiger partial charge on any atom is 0.270 e. The van der Waals surface area contributed by atoms with E-state index in [0.717, 1.165) is 10.0 Å². The van der Waals surface area contributed by atoms with E-state index < -0.39 is 6.04 Å². The molecule has 1 heterocycles. The molecule has 2 rings (SSSR count). The van der Waals surface area contributed by atoms with Crippen molar-refractivity contribution in [1.29, 1.82) is 0 Å². The Labute approximate surface area is 119 Å². The Morgan fingerprint density at radius 1 is 1.26 bits per heavy atom. The van der Waals surface area contributed by atoms with Crippen LogP contribution < -0.4 is 5.32 Å². The second-order valence-corrected chi connectivity index (χ2v) is 4.90. The van der Waals surface area contributed by atoms with Gasteiger partial charge in [0.05, 0.1) is 12.6 Å². The largest absolute Gasteiger partial charge is 0.394 e. The van der Waals surface area contributed by atoms with E-state index in [1.807, 2.05) is 30.3 Å². The summed E-state index contributed by atoms with van der Waals surface area (Å²) < 4.78 is 0.811. The summed E-state index contributed by atoms with van der Waals surface area (Å²) in [5.41, 5.74) is 1.17. The van der Waals surface area contributed by atoms with Crippen LogP contribution in [0.4, 0.5) is 0 Å². The molecule has 2 aromatic rings. The first-order valence-electron chi connectivity index (χ1n) is 5.79. The van der Waals surface area contributed by atoms with Crippen molar-refractivity contribution in [3.63, 3.8) is 0 Å². The van der Waals surface area contributed by atoms with Crippen molar-refractivity contribution in [2.24, 2.45) is 0 Å². The number of hydrogen-bond acceptors (Lipinski definition) is 3. The fraction of sp³-hybridized carbons (Fsp3) is 0.143. The minimum absolute atomic E-state index is 0.160. The molecule has 1 amide bonds. The second kappa shape index (κ2) is 6.45. The Kier molecular flexibility index (Phi) is 4.65. The van der Waals surface area contributed by atoms with Crippen molar-refractivity contribution < 1.29 is 9.90 Å². The Morgan fingerprint density at radius 3 is 2.58 bits per heavy atom. The number of halogens is 1. The lowest BCUT2D eigenvalue weighted by Gasteiger charge is -2.16. The molecule has 98 valence electrons. The lowest BCUT2D eigenvalue weighted by atomic mass is 10.1. The maximum atomic E-state index is 12.0. The second-order valence-electron chi connectivity index (χ2n) is 3.98. The molecule has 0 saturated carbocycles. The van der Waals surface area contributed by atoms with Gasteiger partial charge in [0.15, 0.2) is 0 Å². The molecule has 1 aromatic carbocycles. The molecule has 19 heavy (non-hydrogen) atoms. The molecule has 0 radical (unpaired) electrons. The smallest absolute Gasteiger partial charge is 0.270 e. The van der Waals surface area contributed by atoms with E-state index >= 15 is 0 Å². The lowest BCUT2D eigenvalue weighted by molar-refractivity contribution is 0.0911. The van der Waals surface area contributed by atoms with Gasteiger partial charge in [-0.05, 0) is 33.6 Å². The molecule has 0 unspecified atom stereocenters. The zero-order valence-corrected chi connectivity index (χ0v) is 11.7. The van der Waals surface area contributed by atoms with Crippen LogP contribution in [0, 0.1) is 0 Å². The van der Waals surface area contributed by atoms with Crippen molar-refractivity contribution in [3.8, 4) is 0 Å². The summed E-state index contributed by atoms with van der Waals surface area (Å²) >= 11 is 3.26. The molecule has 2 N–H and O–H groups in total. The summed E-state index contributed by atoms with van der Waals surface area (Å²) in [5, 5.41) is 12.1. The van der Waals surface area contributed by atoms with E-state index in [1.54, 1.807) is 18.3 Å². The summed E-state index contributed by atoms with van der Waals surface area (Å²) in [7, 11) is 0. The van der Waals surface area contributed by atoms with Crippen molar-refractivity contribution in [1.82, 2.24) is 10.3 Å². The third-order valence-corrected chi connectivity index (χ3v) is 3.12. The van der Waals surface area contributed by atoms with Crippen LogP contribution in [0.5, 0.6) is 0 Å². The number of aliphatic hydroxyl groups is 1. The van der Waals surface area contributed by atoms with Gasteiger partial charge >= 0.3 is 0 Å². The summed E-state index contributed by atoms with van der Waals surface area (Å²) in [5.74, 6) is -0.310. The molecule has 0 aliphatic carbocycles. The molecule has 5 heteroatoms. The quantitative estimate of drug-likeness (QED) is 0.908. The number of nitrogens with zero attached hydrogens (tertiary/aromatic N) is 1. The average Bonchev–Trinajstić information content (AvgIpc) is 2.46. The number of amides is 1. The minimum atomic E-state index is -0.431. The van der Waals surface area contributed by atoms with Crippen molar-refractivity contribution in [2.45, 2.75) is 6.04 Å². The van der Waals surface area contributed by atoms with E-state index in [2.05, 4.69) is 26.2 Å². The highest BCUT2D eigenvalue weighted by Crippen LogP contribution is 2.13. The summed E-state index contributed by atoms with van der Waals surface area (Å²) in [4.78, 5) is 16.0. The number of nitrogens with one attached hydrogen (secondary N) is 1. The predicted molar refractivity (Wildman–Crippen MR) is 75.7 cm³/mol. The zero-order valence-electron chi connectivity index (χ0n) is 10.1. The number of aromatic nitrogens is 1. The Bertz CT molecular complexity index is 543. The first-order valence-corrected chi connectivity index (χ1v) is 6.58. The Morgan fingerprint density at radius 2 is 2.00 bits per heavy atom. The van der Waals surface area contributed by atoms with E-state index in [4.69, 9.17) is 0 Å². The molecule has 0 saturated heterocycles. The van der Waals surface area contributed by atoms with Gasteiger partial charge in [0.25, 0.3) is 5.91 Å². The SMILES string of the molecule is O=C(N[C@@H](CO)c1ccccc1)c1ccc(Br)cn1. The van der Waals surface area contributed by atoms with Crippen LogP contribution >= 0.6 is 15.9 Å². The number of hydrogen-bond donors (Lipinski definition) is 2.